The van der Waals surface area contributed by atoms with Crippen LogP contribution in [-0.4, -0.2) is 35.2 Å². The molecule has 1 saturated carbocycles. The molecule has 2 aliphatic heterocycles. The largest absolute Gasteiger partial charge is 0.426 e. The Morgan fingerprint density at radius 2 is 1.68 bits per heavy atom. The molecular weight excluding hydrogens is 478 g/mol. The molecule has 2 heterocycles. The number of nitro benzene ring substituents is 1. The van der Waals surface area contributed by atoms with Crippen molar-refractivity contribution in [3.63, 3.8) is 0 Å². The Bertz CT molecular complexity index is 1310. The molecule has 0 unspecified atom stereocenters. The first kappa shape index (κ1) is 24.6. The van der Waals surface area contributed by atoms with Gasteiger partial charge in [0.2, 0.25) is 17.7 Å². The molecule has 10 heteroatoms. The summed E-state index contributed by atoms with van der Waals surface area (Å²) in [4.78, 5) is 64.5. The van der Waals surface area contributed by atoms with Gasteiger partial charge in [0.15, 0.2) is 0 Å². The van der Waals surface area contributed by atoms with Crippen LogP contribution in [0.15, 0.2) is 42.5 Å². The van der Waals surface area contributed by atoms with Crippen LogP contribution in [0.3, 0.4) is 0 Å². The van der Waals surface area contributed by atoms with Gasteiger partial charge in [-0.15, -0.1) is 0 Å². The SMILES string of the molecule is Cc1ccc(N2C[C@H](C(=O)Oc3ccc(N4C(=O)[C@H]5C[C@H](C)CC[C@H]5C4=O)cc3)CC2=O)cc1[N+](=O)[O-]. The maximum atomic E-state index is 12.9. The van der Waals surface area contributed by atoms with Crippen LogP contribution < -0.4 is 14.5 Å². The lowest BCUT2D eigenvalue weighted by atomic mass is 9.76. The molecule has 5 rings (SSSR count). The first-order valence-electron chi connectivity index (χ1n) is 12.4. The number of nitro groups is 1. The van der Waals surface area contributed by atoms with E-state index < -0.39 is 16.8 Å². The van der Waals surface area contributed by atoms with Crippen molar-refractivity contribution < 1.29 is 28.8 Å². The van der Waals surface area contributed by atoms with E-state index >= 15 is 0 Å². The number of carbonyl (C=O) groups is 4. The first-order chi connectivity index (χ1) is 17.6. The number of esters is 1. The highest BCUT2D eigenvalue weighted by atomic mass is 16.6. The van der Waals surface area contributed by atoms with Gasteiger partial charge in [0.1, 0.15) is 5.75 Å². The van der Waals surface area contributed by atoms with Gasteiger partial charge in [-0.2, -0.15) is 0 Å². The smallest absolute Gasteiger partial charge is 0.316 e. The number of aryl methyl sites for hydroxylation is 1. The lowest BCUT2D eigenvalue weighted by Crippen LogP contribution is -2.30. The maximum absolute atomic E-state index is 12.9. The summed E-state index contributed by atoms with van der Waals surface area (Å²) in [7, 11) is 0. The number of ether oxygens (including phenoxy) is 1. The Labute approximate surface area is 213 Å². The molecule has 0 radical (unpaired) electrons. The molecule has 0 N–H and O–H groups in total. The number of rotatable bonds is 5. The molecule has 0 spiro atoms. The minimum atomic E-state index is -0.737. The third-order valence-electron chi connectivity index (χ3n) is 7.66. The molecule has 0 aromatic heterocycles. The molecule has 4 atom stereocenters. The predicted octanol–water partition coefficient (Wildman–Crippen LogP) is 3.79. The van der Waals surface area contributed by atoms with Gasteiger partial charge in [-0.3, -0.25) is 34.2 Å². The fourth-order valence-corrected chi connectivity index (χ4v) is 5.58. The van der Waals surface area contributed by atoms with Gasteiger partial charge in [-0.25, -0.2) is 0 Å². The normalized spacial score (nSPS) is 25.4. The summed E-state index contributed by atoms with van der Waals surface area (Å²) in [5, 5.41) is 11.3. The molecule has 192 valence electrons. The second-order valence-electron chi connectivity index (χ2n) is 10.2. The summed E-state index contributed by atoms with van der Waals surface area (Å²) in [6, 6.07) is 10.7. The number of benzene rings is 2. The average Bonchev–Trinajstić information content (AvgIpc) is 3.37. The lowest BCUT2D eigenvalue weighted by molar-refractivity contribution is -0.385. The monoisotopic (exact) mass is 505 g/mol. The molecule has 2 saturated heterocycles. The minimum Gasteiger partial charge on any atom is -0.426 e. The van der Waals surface area contributed by atoms with Crippen molar-refractivity contribution >= 4 is 40.8 Å². The summed E-state index contributed by atoms with van der Waals surface area (Å²) in [5.74, 6) is -1.89. The van der Waals surface area contributed by atoms with Crippen molar-refractivity contribution in [1.29, 1.82) is 0 Å². The zero-order valence-electron chi connectivity index (χ0n) is 20.6. The maximum Gasteiger partial charge on any atom is 0.316 e. The van der Waals surface area contributed by atoms with E-state index in [1.54, 1.807) is 31.2 Å². The van der Waals surface area contributed by atoms with Crippen molar-refractivity contribution in [2.24, 2.45) is 23.7 Å². The van der Waals surface area contributed by atoms with E-state index in [2.05, 4.69) is 6.92 Å². The molecular formula is C27H27N3O7. The van der Waals surface area contributed by atoms with Crippen LogP contribution in [0, 0.1) is 40.7 Å². The molecule has 10 nitrogen and oxygen atoms in total. The zero-order chi connectivity index (χ0) is 26.4. The van der Waals surface area contributed by atoms with Crippen LogP contribution in [0.1, 0.15) is 38.2 Å². The molecule has 1 aliphatic carbocycles. The van der Waals surface area contributed by atoms with Gasteiger partial charge in [0, 0.05) is 24.6 Å². The van der Waals surface area contributed by atoms with Crippen molar-refractivity contribution in [2.45, 2.75) is 39.5 Å². The number of nitrogens with zero attached hydrogens (tertiary/aromatic N) is 3. The zero-order valence-corrected chi connectivity index (χ0v) is 20.6. The van der Waals surface area contributed by atoms with E-state index in [4.69, 9.17) is 4.74 Å². The summed E-state index contributed by atoms with van der Waals surface area (Å²) in [5.41, 5.74) is 1.18. The fourth-order valence-electron chi connectivity index (χ4n) is 5.58. The summed E-state index contributed by atoms with van der Waals surface area (Å²) < 4.78 is 5.48. The highest BCUT2D eigenvalue weighted by Gasteiger charge is 2.50. The van der Waals surface area contributed by atoms with Crippen LogP contribution in [0.4, 0.5) is 17.1 Å². The van der Waals surface area contributed by atoms with Crippen molar-refractivity contribution in [3.05, 3.63) is 58.1 Å². The van der Waals surface area contributed by atoms with Crippen molar-refractivity contribution in [2.75, 3.05) is 16.3 Å². The average molecular weight is 506 g/mol. The Kier molecular flexibility index (Phi) is 6.26. The number of fused-ring (bicyclic) bond motifs is 1. The van der Waals surface area contributed by atoms with Crippen LogP contribution >= 0.6 is 0 Å². The Hall–Kier alpha value is -4.08. The summed E-state index contributed by atoms with van der Waals surface area (Å²) in [6.07, 6.45) is 2.30. The third-order valence-corrected chi connectivity index (χ3v) is 7.66. The van der Waals surface area contributed by atoms with Gasteiger partial charge in [-0.05, 0) is 62.4 Å². The van der Waals surface area contributed by atoms with Crippen LogP contribution in [0.25, 0.3) is 0 Å². The van der Waals surface area contributed by atoms with E-state index in [0.717, 1.165) is 12.8 Å². The topological polar surface area (TPSA) is 127 Å². The molecule has 3 amide bonds. The number of imide groups is 1. The third kappa shape index (κ3) is 4.47. The van der Waals surface area contributed by atoms with E-state index in [-0.39, 0.29) is 54.0 Å². The second-order valence-corrected chi connectivity index (χ2v) is 10.2. The standard InChI is InChI=1S/C27H27N3O7/c1-15-3-10-21-22(11-15)26(33)29(25(21)32)18-6-8-20(9-7-18)37-27(34)17-12-24(31)28(14-17)19-5-4-16(2)23(13-19)30(35)36/h4-9,13,15,17,21-22H,3,10-12,14H2,1-2H3/t15-,17-,21-,22+/m1/s1. The van der Waals surface area contributed by atoms with Gasteiger partial charge in [0.05, 0.1) is 34.1 Å². The molecule has 2 aromatic rings. The highest BCUT2D eigenvalue weighted by Crippen LogP contribution is 2.42. The first-order valence-corrected chi connectivity index (χ1v) is 12.4. The Morgan fingerprint density at radius 1 is 1.00 bits per heavy atom. The highest BCUT2D eigenvalue weighted by molar-refractivity contribution is 6.22. The molecule has 3 fully saturated rings. The van der Waals surface area contributed by atoms with Crippen molar-refractivity contribution in [3.8, 4) is 5.75 Å². The van der Waals surface area contributed by atoms with Crippen LogP contribution in [0.5, 0.6) is 5.75 Å². The molecule has 3 aliphatic rings. The quantitative estimate of drug-likeness (QED) is 0.199. The Morgan fingerprint density at radius 3 is 2.38 bits per heavy atom. The number of carbonyl (C=O) groups excluding carboxylic acids is 4. The van der Waals surface area contributed by atoms with Crippen LogP contribution in [-0.2, 0) is 19.2 Å². The number of amides is 3. The van der Waals surface area contributed by atoms with E-state index in [0.29, 0.717) is 29.3 Å². The van der Waals surface area contributed by atoms with Crippen molar-refractivity contribution in [1.82, 2.24) is 0 Å². The fraction of sp³-hybridized carbons (Fsp3) is 0.407. The molecule has 2 aromatic carbocycles. The van der Waals surface area contributed by atoms with E-state index in [1.165, 1.54) is 28.0 Å². The van der Waals surface area contributed by atoms with Gasteiger partial charge in [-0.1, -0.05) is 13.0 Å². The van der Waals surface area contributed by atoms with E-state index in [9.17, 15) is 29.3 Å². The lowest BCUT2D eigenvalue weighted by Gasteiger charge is -2.25. The minimum absolute atomic E-state index is 0.0496. The van der Waals surface area contributed by atoms with Gasteiger partial charge < -0.3 is 9.64 Å². The summed E-state index contributed by atoms with van der Waals surface area (Å²) in [6.45, 7) is 3.76. The molecule has 0 bridgehead atoms. The Balaban J connectivity index is 1.25. The second kappa shape index (κ2) is 9.42. The van der Waals surface area contributed by atoms with Crippen LogP contribution in [0.2, 0.25) is 0 Å². The van der Waals surface area contributed by atoms with E-state index in [1.807, 2.05) is 0 Å². The predicted molar refractivity (Wildman–Crippen MR) is 133 cm³/mol. The number of anilines is 2. The molecule has 37 heavy (non-hydrogen) atoms. The number of hydrogen-bond donors (Lipinski definition) is 0. The van der Waals surface area contributed by atoms with Gasteiger partial charge in [0.25, 0.3) is 5.69 Å². The van der Waals surface area contributed by atoms with Gasteiger partial charge >= 0.3 is 5.97 Å². The summed E-state index contributed by atoms with van der Waals surface area (Å²) >= 11 is 0. The number of hydrogen-bond acceptors (Lipinski definition) is 7.